The molecule has 0 aromatic heterocycles. The van der Waals surface area contributed by atoms with E-state index in [-0.39, 0.29) is 0 Å². The molecule has 21 heavy (non-hydrogen) atoms. The molecule has 0 aromatic carbocycles. The first-order valence-electron chi connectivity index (χ1n) is 9.18. The maximum atomic E-state index is 3.88. The summed E-state index contributed by atoms with van der Waals surface area (Å²) in [5.41, 5.74) is 1.40. The summed E-state index contributed by atoms with van der Waals surface area (Å²) in [5, 5.41) is 0. The molecule has 0 aliphatic carbocycles. The van der Waals surface area contributed by atoms with Crippen LogP contribution in [0.25, 0.3) is 0 Å². The Labute approximate surface area is 136 Å². The second kappa shape index (κ2) is 19.4. The standard InChI is InChI=1S/C14H25N.3C2H6/c1-5-13(6-2)12(3)11-14-9-7-8-10-15(14)4;3*1-2/h5-6,12,14H,1,7-11H2,2-4H3;3*1-2H3/b13-6+;;;. The average molecular weight is 298 g/mol. The molecule has 0 spiro atoms. The number of piperidine rings is 1. The van der Waals surface area contributed by atoms with E-state index in [0.29, 0.717) is 5.92 Å². The third-order valence-corrected chi connectivity index (χ3v) is 3.69. The van der Waals surface area contributed by atoms with Gasteiger partial charge in [0.05, 0.1) is 0 Å². The topological polar surface area (TPSA) is 3.24 Å². The van der Waals surface area contributed by atoms with E-state index in [9.17, 15) is 0 Å². The van der Waals surface area contributed by atoms with E-state index in [4.69, 9.17) is 0 Å². The van der Waals surface area contributed by atoms with Crippen LogP contribution in [0.4, 0.5) is 0 Å². The van der Waals surface area contributed by atoms with Gasteiger partial charge in [-0.05, 0) is 51.3 Å². The lowest BCUT2D eigenvalue weighted by molar-refractivity contribution is 0.165. The van der Waals surface area contributed by atoms with E-state index in [0.717, 1.165) is 6.04 Å². The number of nitrogens with zero attached hydrogens (tertiary/aromatic N) is 1. The molecule has 2 atom stereocenters. The zero-order chi connectivity index (χ0) is 17.3. The van der Waals surface area contributed by atoms with Crippen LogP contribution in [-0.4, -0.2) is 24.5 Å². The number of rotatable bonds is 4. The van der Waals surface area contributed by atoms with Gasteiger partial charge in [0.15, 0.2) is 0 Å². The van der Waals surface area contributed by atoms with E-state index < -0.39 is 0 Å². The lowest BCUT2D eigenvalue weighted by Gasteiger charge is -2.34. The quantitative estimate of drug-likeness (QED) is 0.521. The molecule has 0 amide bonds. The van der Waals surface area contributed by atoms with Gasteiger partial charge < -0.3 is 4.90 Å². The SMILES string of the molecule is C=C/C(=C\C)C(C)CC1CCCCN1C.CC.CC.CC. The van der Waals surface area contributed by atoms with E-state index in [1.54, 1.807) is 0 Å². The van der Waals surface area contributed by atoms with E-state index >= 15 is 0 Å². The van der Waals surface area contributed by atoms with Crippen LogP contribution in [0.5, 0.6) is 0 Å². The minimum Gasteiger partial charge on any atom is -0.303 e. The van der Waals surface area contributed by atoms with Gasteiger partial charge in [0.25, 0.3) is 0 Å². The van der Waals surface area contributed by atoms with Gasteiger partial charge in [0.2, 0.25) is 0 Å². The third kappa shape index (κ3) is 11.7. The molecule has 0 radical (unpaired) electrons. The normalized spacial score (nSPS) is 19.7. The van der Waals surface area contributed by atoms with Crippen molar-refractivity contribution < 1.29 is 0 Å². The van der Waals surface area contributed by atoms with Crippen LogP contribution >= 0.6 is 0 Å². The van der Waals surface area contributed by atoms with Crippen molar-refractivity contribution in [2.24, 2.45) is 5.92 Å². The second-order valence-electron chi connectivity index (χ2n) is 4.76. The molecule has 1 aliphatic rings. The van der Waals surface area contributed by atoms with Gasteiger partial charge >= 0.3 is 0 Å². The van der Waals surface area contributed by atoms with Crippen molar-refractivity contribution in [3.63, 3.8) is 0 Å². The highest BCUT2D eigenvalue weighted by molar-refractivity contribution is 5.18. The van der Waals surface area contributed by atoms with Crippen LogP contribution in [0.15, 0.2) is 24.3 Å². The lowest BCUT2D eigenvalue weighted by Crippen LogP contribution is -2.37. The molecule has 0 N–H and O–H groups in total. The molecule has 2 unspecified atom stereocenters. The Morgan fingerprint density at radius 1 is 1.14 bits per heavy atom. The Kier molecular flexibility index (Phi) is 23.5. The summed E-state index contributed by atoms with van der Waals surface area (Å²) in [5.74, 6) is 0.651. The van der Waals surface area contributed by atoms with Gasteiger partial charge in [-0.2, -0.15) is 0 Å². The van der Waals surface area contributed by atoms with E-state index in [1.807, 2.05) is 47.6 Å². The Morgan fingerprint density at radius 2 is 1.67 bits per heavy atom. The second-order valence-corrected chi connectivity index (χ2v) is 4.76. The van der Waals surface area contributed by atoms with Crippen LogP contribution < -0.4 is 0 Å². The monoisotopic (exact) mass is 297 g/mol. The fraction of sp³-hybridized carbons (Fsp3) is 0.800. The molecule has 128 valence electrons. The summed E-state index contributed by atoms with van der Waals surface area (Å²) >= 11 is 0. The Bertz CT molecular complexity index is 230. The molecule has 1 nitrogen and oxygen atoms in total. The maximum Gasteiger partial charge on any atom is 0.00979 e. The van der Waals surface area contributed by atoms with Gasteiger partial charge in [-0.15, -0.1) is 0 Å². The summed E-state index contributed by atoms with van der Waals surface area (Å²) in [6.45, 7) is 21.6. The van der Waals surface area contributed by atoms with Crippen molar-refractivity contribution in [1.82, 2.24) is 4.90 Å². The van der Waals surface area contributed by atoms with E-state index in [2.05, 4.69) is 38.5 Å². The lowest BCUT2D eigenvalue weighted by atomic mass is 9.89. The van der Waals surface area contributed by atoms with Crippen LogP contribution in [0, 0.1) is 5.92 Å². The van der Waals surface area contributed by atoms with Gasteiger partial charge in [-0.3, -0.25) is 0 Å². The zero-order valence-corrected chi connectivity index (χ0v) is 16.5. The minimum atomic E-state index is 0.651. The molecule has 0 aromatic rings. The number of hydrogen-bond acceptors (Lipinski definition) is 1. The minimum absolute atomic E-state index is 0.651. The summed E-state index contributed by atoms with van der Waals surface area (Å²) in [6.07, 6.45) is 9.63. The highest BCUT2D eigenvalue weighted by Gasteiger charge is 2.21. The summed E-state index contributed by atoms with van der Waals surface area (Å²) < 4.78 is 0. The molecule has 0 bridgehead atoms. The Morgan fingerprint density at radius 3 is 2.05 bits per heavy atom. The van der Waals surface area contributed by atoms with Crippen LogP contribution in [0.2, 0.25) is 0 Å². The number of likely N-dealkylation sites (tertiary alicyclic amines) is 1. The fourth-order valence-corrected chi connectivity index (χ4v) is 2.59. The van der Waals surface area contributed by atoms with Crippen molar-refractivity contribution in [2.75, 3.05) is 13.6 Å². The van der Waals surface area contributed by atoms with Crippen molar-refractivity contribution >= 4 is 0 Å². The molecule has 1 rings (SSSR count). The summed E-state index contributed by atoms with van der Waals surface area (Å²) in [4.78, 5) is 2.52. The average Bonchev–Trinajstić information content (AvgIpc) is 2.56. The van der Waals surface area contributed by atoms with Gasteiger partial charge in [-0.25, -0.2) is 0 Å². The molecular formula is C20H43N. The van der Waals surface area contributed by atoms with Gasteiger partial charge in [-0.1, -0.05) is 73.6 Å². The third-order valence-electron chi connectivity index (χ3n) is 3.69. The molecule has 1 heteroatoms. The van der Waals surface area contributed by atoms with Gasteiger partial charge in [0.1, 0.15) is 0 Å². The number of allylic oxidation sites excluding steroid dienone is 3. The molecule has 1 fully saturated rings. The highest BCUT2D eigenvalue weighted by Crippen LogP contribution is 2.25. The smallest absolute Gasteiger partial charge is 0.00979 e. The highest BCUT2D eigenvalue weighted by atomic mass is 15.1. The summed E-state index contributed by atoms with van der Waals surface area (Å²) in [7, 11) is 2.26. The van der Waals surface area contributed by atoms with Crippen LogP contribution in [0.1, 0.15) is 81.1 Å². The predicted molar refractivity (Wildman–Crippen MR) is 102 cm³/mol. The Balaban J connectivity index is -0.000000478. The van der Waals surface area contributed by atoms with E-state index in [1.165, 1.54) is 37.8 Å². The predicted octanol–water partition coefficient (Wildman–Crippen LogP) is 6.71. The first kappa shape index (κ1) is 25.4. The van der Waals surface area contributed by atoms with Crippen LogP contribution in [-0.2, 0) is 0 Å². The Hall–Kier alpha value is -0.560. The first-order chi connectivity index (χ1) is 10.2. The van der Waals surface area contributed by atoms with Crippen molar-refractivity contribution in [3.8, 4) is 0 Å². The first-order valence-corrected chi connectivity index (χ1v) is 9.18. The van der Waals surface area contributed by atoms with Crippen molar-refractivity contribution in [2.45, 2.75) is 87.1 Å². The molecule has 0 saturated carbocycles. The summed E-state index contributed by atoms with van der Waals surface area (Å²) in [6, 6.07) is 0.781. The zero-order valence-electron chi connectivity index (χ0n) is 16.5. The maximum absolute atomic E-state index is 3.88. The largest absolute Gasteiger partial charge is 0.303 e. The molecular weight excluding hydrogens is 254 g/mol. The van der Waals surface area contributed by atoms with Crippen molar-refractivity contribution in [3.05, 3.63) is 24.3 Å². The number of hydrogen-bond donors (Lipinski definition) is 0. The fourth-order valence-electron chi connectivity index (χ4n) is 2.59. The van der Waals surface area contributed by atoms with Crippen molar-refractivity contribution in [1.29, 1.82) is 0 Å². The van der Waals surface area contributed by atoms with Gasteiger partial charge in [0, 0.05) is 6.04 Å². The molecule has 1 heterocycles. The van der Waals surface area contributed by atoms with Crippen LogP contribution in [0.3, 0.4) is 0 Å². The molecule has 1 saturated heterocycles. The molecule has 1 aliphatic heterocycles.